The van der Waals surface area contributed by atoms with Gasteiger partial charge in [0, 0.05) is 46.1 Å². The number of nitrogens with zero attached hydrogens (tertiary/aromatic N) is 2. The fraction of sp³-hybridized carbons (Fsp3) is 0.524. The molecular weight excluding hydrogens is 706 g/mol. The van der Waals surface area contributed by atoms with Crippen molar-refractivity contribution in [2.24, 2.45) is 0 Å². The van der Waals surface area contributed by atoms with Gasteiger partial charge in [-0.1, -0.05) is 66.7 Å². The third-order valence-electron chi connectivity index (χ3n) is 9.86. The first-order chi connectivity index (χ1) is 26.9. The van der Waals surface area contributed by atoms with Crippen LogP contribution < -0.4 is 10.1 Å². The Morgan fingerprint density at radius 1 is 0.873 bits per heavy atom. The smallest absolute Gasteiger partial charge is 0.407 e. The van der Waals surface area contributed by atoms with Crippen LogP contribution in [0.2, 0.25) is 0 Å². The van der Waals surface area contributed by atoms with Gasteiger partial charge in [0.15, 0.2) is 0 Å². The summed E-state index contributed by atoms with van der Waals surface area (Å²) in [5.41, 5.74) is 3.73. The number of carbonyl (C=O) groups excluding carboxylic acids is 2. The van der Waals surface area contributed by atoms with E-state index in [-0.39, 0.29) is 38.5 Å². The molecule has 2 amide bonds. The van der Waals surface area contributed by atoms with E-state index in [9.17, 15) is 19.8 Å². The molecule has 0 radical (unpaired) electrons. The predicted octanol–water partition coefficient (Wildman–Crippen LogP) is 3.54. The normalized spacial score (nSPS) is 17.9. The molecule has 55 heavy (non-hydrogen) atoms. The molecule has 2 aliphatic rings. The zero-order valence-corrected chi connectivity index (χ0v) is 31.9. The van der Waals surface area contributed by atoms with Gasteiger partial charge in [0.1, 0.15) is 19.0 Å². The van der Waals surface area contributed by atoms with Crippen LogP contribution in [0.25, 0.3) is 0 Å². The maximum Gasteiger partial charge on any atom is 0.407 e. The molecule has 1 aliphatic carbocycles. The van der Waals surface area contributed by atoms with Crippen molar-refractivity contribution in [1.82, 2.24) is 15.1 Å². The van der Waals surface area contributed by atoms with Crippen LogP contribution >= 0.6 is 0 Å². The zero-order valence-electron chi connectivity index (χ0n) is 31.9. The molecule has 0 saturated carbocycles. The molecule has 3 N–H and O–H groups in total. The zero-order chi connectivity index (χ0) is 38.7. The molecule has 1 heterocycles. The summed E-state index contributed by atoms with van der Waals surface area (Å²) in [5, 5.41) is 25.6. The number of morpholine rings is 1. The van der Waals surface area contributed by atoms with Gasteiger partial charge >= 0.3 is 6.09 Å². The van der Waals surface area contributed by atoms with Crippen molar-refractivity contribution in [3.05, 3.63) is 101 Å². The summed E-state index contributed by atoms with van der Waals surface area (Å²) in [6, 6.07) is 23.8. The van der Waals surface area contributed by atoms with E-state index in [1.54, 1.807) is 12.0 Å². The van der Waals surface area contributed by atoms with Crippen molar-refractivity contribution < 1.29 is 48.2 Å². The number of hydrogen-bond donors (Lipinski definition) is 3. The highest BCUT2D eigenvalue weighted by atomic mass is 16.6. The first kappa shape index (κ1) is 42.1. The number of carbonyl (C=O) groups is 2. The van der Waals surface area contributed by atoms with Crippen molar-refractivity contribution in [2.45, 2.75) is 56.5 Å². The number of nitrogens with one attached hydrogen (secondary N) is 1. The second-order valence-corrected chi connectivity index (χ2v) is 13.8. The maximum atomic E-state index is 14.2. The standard InChI is InChI=1S/C42H57N3O10/c1-50-23-24-52-25-26-53-27-28-55-42(49)43-37(29-32-7-3-2-4-8-32)38(46)15-16-40(48)45(41-36-10-6-5-9-34(36)30-39(41)47)31-33-11-13-35(14-12-33)54-22-19-44-17-20-51-21-18-44/h2-14,37-39,41,46-47H,15-31H2,1H3,(H,43,49)/t37-,38-,39+,41-/m0/s1. The number of aliphatic hydroxyl groups excluding tert-OH is 2. The number of benzene rings is 3. The lowest BCUT2D eigenvalue weighted by Crippen LogP contribution is -2.46. The molecule has 4 atom stereocenters. The highest BCUT2D eigenvalue weighted by Crippen LogP contribution is 2.37. The van der Waals surface area contributed by atoms with Crippen LogP contribution in [0.5, 0.6) is 5.75 Å². The number of rotatable bonds is 23. The molecule has 0 aromatic heterocycles. The molecule has 1 fully saturated rings. The first-order valence-electron chi connectivity index (χ1n) is 19.3. The molecule has 13 heteroatoms. The van der Waals surface area contributed by atoms with Crippen molar-refractivity contribution >= 4 is 12.0 Å². The lowest BCUT2D eigenvalue weighted by Gasteiger charge is -2.33. The number of methoxy groups -OCH3 is 1. The third kappa shape index (κ3) is 13.9. The average molecular weight is 764 g/mol. The van der Waals surface area contributed by atoms with Crippen molar-refractivity contribution in [3.63, 3.8) is 0 Å². The molecular formula is C42H57N3O10. The maximum absolute atomic E-state index is 14.2. The van der Waals surface area contributed by atoms with E-state index in [1.807, 2.05) is 78.9 Å². The van der Waals surface area contributed by atoms with Crippen LogP contribution in [-0.2, 0) is 47.9 Å². The van der Waals surface area contributed by atoms with E-state index in [4.69, 9.17) is 28.4 Å². The summed E-state index contributed by atoms with van der Waals surface area (Å²) in [6.45, 7) is 6.90. The molecule has 5 rings (SSSR count). The lowest BCUT2D eigenvalue weighted by molar-refractivity contribution is -0.137. The second-order valence-electron chi connectivity index (χ2n) is 13.8. The molecule has 3 aromatic carbocycles. The van der Waals surface area contributed by atoms with Crippen LogP contribution in [0.1, 0.15) is 41.1 Å². The number of aliphatic hydroxyl groups is 2. The minimum atomic E-state index is -1.06. The number of ether oxygens (including phenoxy) is 6. The van der Waals surface area contributed by atoms with Crippen LogP contribution in [0.4, 0.5) is 4.79 Å². The Morgan fingerprint density at radius 2 is 1.56 bits per heavy atom. The number of amides is 2. The van der Waals surface area contributed by atoms with E-state index in [2.05, 4.69) is 10.2 Å². The largest absolute Gasteiger partial charge is 0.492 e. The molecule has 0 bridgehead atoms. The van der Waals surface area contributed by atoms with Crippen LogP contribution in [0, 0.1) is 0 Å². The molecule has 1 saturated heterocycles. The third-order valence-corrected chi connectivity index (χ3v) is 9.86. The van der Waals surface area contributed by atoms with E-state index in [1.165, 1.54) is 0 Å². The Kier molecular flexibility index (Phi) is 17.7. The van der Waals surface area contributed by atoms with Gasteiger partial charge in [-0.15, -0.1) is 0 Å². The lowest BCUT2D eigenvalue weighted by atomic mass is 9.97. The molecule has 300 valence electrons. The van der Waals surface area contributed by atoms with E-state index < -0.39 is 30.4 Å². The minimum absolute atomic E-state index is 0.00238. The Morgan fingerprint density at radius 3 is 2.31 bits per heavy atom. The monoisotopic (exact) mass is 763 g/mol. The van der Waals surface area contributed by atoms with Gasteiger partial charge in [-0.05, 0) is 47.2 Å². The number of fused-ring (bicyclic) bond motifs is 1. The highest BCUT2D eigenvalue weighted by molar-refractivity contribution is 5.77. The van der Waals surface area contributed by atoms with Gasteiger partial charge in [-0.3, -0.25) is 9.69 Å². The Hall–Kier alpha value is -4.08. The van der Waals surface area contributed by atoms with Crippen LogP contribution in [0.15, 0.2) is 78.9 Å². The Bertz CT molecular complexity index is 1560. The van der Waals surface area contributed by atoms with Crippen molar-refractivity contribution in [3.8, 4) is 5.75 Å². The molecule has 0 unspecified atom stereocenters. The molecule has 3 aromatic rings. The predicted molar refractivity (Wildman–Crippen MR) is 206 cm³/mol. The minimum Gasteiger partial charge on any atom is -0.492 e. The van der Waals surface area contributed by atoms with Crippen molar-refractivity contribution in [2.75, 3.05) is 86.2 Å². The summed E-state index contributed by atoms with van der Waals surface area (Å²) in [7, 11) is 1.61. The van der Waals surface area contributed by atoms with Gasteiger partial charge in [0.25, 0.3) is 0 Å². The van der Waals surface area contributed by atoms with Crippen molar-refractivity contribution in [1.29, 1.82) is 0 Å². The summed E-state index contributed by atoms with van der Waals surface area (Å²) < 4.78 is 32.5. The molecule has 1 aliphatic heterocycles. The average Bonchev–Trinajstić information content (AvgIpc) is 3.54. The molecule has 0 spiro atoms. The van der Waals surface area contributed by atoms with E-state index in [0.29, 0.717) is 45.9 Å². The Balaban J connectivity index is 1.19. The van der Waals surface area contributed by atoms with Crippen LogP contribution in [-0.4, -0.2) is 136 Å². The summed E-state index contributed by atoms with van der Waals surface area (Å²) in [5.74, 6) is 0.533. The summed E-state index contributed by atoms with van der Waals surface area (Å²) in [4.78, 5) is 31.0. The van der Waals surface area contributed by atoms with E-state index in [0.717, 1.165) is 60.9 Å². The number of alkyl carbamates (subject to hydrolysis) is 1. The SMILES string of the molecule is COCCOCCOCCOC(=O)N[C@@H](Cc1ccccc1)[C@@H](O)CCC(=O)N(Cc1ccc(OCCN2CCOCC2)cc1)[C@H]1c2ccccc2C[C@H]1O. The highest BCUT2D eigenvalue weighted by Gasteiger charge is 2.38. The fourth-order valence-electron chi connectivity index (χ4n) is 6.89. The molecule has 13 nitrogen and oxygen atoms in total. The van der Waals surface area contributed by atoms with Gasteiger partial charge in [-0.2, -0.15) is 0 Å². The van der Waals surface area contributed by atoms with Gasteiger partial charge < -0.3 is 48.9 Å². The quantitative estimate of drug-likeness (QED) is 0.122. The fourth-order valence-corrected chi connectivity index (χ4v) is 6.89. The van der Waals surface area contributed by atoms with Gasteiger partial charge in [-0.25, -0.2) is 4.79 Å². The first-order valence-corrected chi connectivity index (χ1v) is 19.3. The number of hydrogen-bond acceptors (Lipinski definition) is 11. The summed E-state index contributed by atoms with van der Waals surface area (Å²) in [6.07, 6.45) is -1.66. The van der Waals surface area contributed by atoms with E-state index >= 15 is 0 Å². The van der Waals surface area contributed by atoms with Crippen LogP contribution in [0.3, 0.4) is 0 Å². The van der Waals surface area contributed by atoms with Gasteiger partial charge in [0.05, 0.1) is 70.5 Å². The summed E-state index contributed by atoms with van der Waals surface area (Å²) >= 11 is 0. The topological polar surface area (TPSA) is 148 Å². The van der Waals surface area contributed by atoms with Gasteiger partial charge in [0.2, 0.25) is 5.91 Å². The Labute approximate surface area is 324 Å². The second kappa shape index (κ2) is 23.1.